The monoisotopic (exact) mass is 508 g/mol. The molecular weight excluding hydrogens is 484 g/mol. The molecule has 2 N–H and O–H groups in total. The van der Waals surface area contributed by atoms with Crippen molar-refractivity contribution in [3.8, 4) is 17.0 Å². The van der Waals surface area contributed by atoms with Crippen molar-refractivity contribution in [1.82, 2.24) is 29.9 Å². The normalized spacial score (nSPS) is 14.8. The zero-order valence-electron chi connectivity index (χ0n) is 18.5. The highest BCUT2D eigenvalue weighted by Crippen LogP contribution is 2.34. The van der Waals surface area contributed by atoms with Gasteiger partial charge in [-0.15, -0.1) is 10.2 Å². The zero-order chi connectivity index (χ0) is 22.9. The third-order valence-electron chi connectivity index (χ3n) is 5.76. The van der Waals surface area contributed by atoms with Crippen LogP contribution in [0.1, 0.15) is 32.7 Å². The summed E-state index contributed by atoms with van der Waals surface area (Å²) in [6.45, 7) is 5.83. The number of benzene rings is 1. The summed E-state index contributed by atoms with van der Waals surface area (Å²) in [5.74, 6) is 1.66. The summed E-state index contributed by atoms with van der Waals surface area (Å²) in [4.78, 5) is 11.1. The number of para-hydroxylation sites is 1. The van der Waals surface area contributed by atoms with Crippen LogP contribution >= 0.6 is 15.9 Å². The second-order valence-electron chi connectivity index (χ2n) is 8.49. The molecule has 0 radical (unpaired) electrons. The Bertz CT molecular complexity index is 1270. The van der Waals surface area contributed by atoms with Crippen LogP contribution in [0.2, 0.25) is 0 Å². The summed E-state index contributed by atoms with van der Waals surface area (Å²) < 4.78 is 2.94. The van der Waals surface area contributed by atoms with Crippen LogP contribution in [0.25, 0.3) is 22.3 Å². The number of rotatable bonds is 5. The van der Waals surface area contributed by atoms with Gasteiger partial charge in [0.05, 0.1) is 21.7 Å². The largest absolute Gasteiger partial charge is 0.507 e. The van der Waals surface area contributed by atoms with Gasteiger partial charge in [0.1, 0.15) is 5.75 Å². The van der Waals surface area contributed by atoms with E-state index in [9.17, 15) is 5.11 Å². The average Bonchev–Trinajstić information content (AvgIpc) is 3.17. The highest BCUT2D eigenvalue weighted by Gasteiger charge is 2.26. The number of phenols is 1. The molecule has 10 heteroatoms. The molecule has 3 aromatic heterocycles. The number of piperidine rings is 1. The number of aromatic nitrogens is 6. The molecule has 1 saturated heterocycles. The lowest BCUT2D eigenvalue weighted by Gasteiger charge is -2.32. The van der Waals surface area contributed by atoms with Gasteiger partial charge in [-0.05, 0) is 60.8 Å². The lowest BCUT2D eigenvalue weighted by molar-refractivity contribution is 0.374. The lowest BCUT2D eigenvalue weighted by Crippen LogP contribution is -2.36. The van der Waals surface area contributed by atoms with Gasteiger partial charge in [0.25, 0.3) is 0 Å². The first-order valence-corrected chi connectivity index (χ1v) is 11.8. The van der Waals surface area contributed by atoms with Crippen LogP contribution in [0.4, 0.5) is 11.8 Å². The molecule has 5 rings (SSSR count). The van der Waals surface area contributed by atoms with Crippen LogP contribution < -0.4 is 10.2 Å². The standard InChI is InChI=1S/C23H25BrN8O/c1-14(2)27-22-21-19(11-18(28-29-21)17-5-3-4-6-20(17)33)32(30-22)16-7-9-31(10-8-16)23-25-12-15(24)13-26-23/h3-6,11-14,16,33H,7-10H2,1-2H3,(H,27,30). The second kappa shape index (κ2) is 8.93. The minimum atomic E-state index is 0.181. The van der Waals surface area contributed by atoms with E-state index in [1.54, 1.807) is 24.5 Å². The van der Waals surface area contributed by atoms with E-state index in [-0.39, 0.29) is 17.8 Å². The second-order valence-corrected chi connectivity index (χ2v) is 9.41. The number of nitrogens with one attached hydrogen (secondary N) is 1. The van der Waals surface area contributed by atoms with Crippen LogP contribution in [0.3, 0.4) is 0 Å². The molecule has 9 nitrogen and oxygen atoms in total. The van der Waals surface area contributed by atoms with Crippen molar-refractivity contribution in [1.29, 1.82) is 0 Å². The van der Waals surface area contributed by atoms with E-state index in [2.05, 4.69) is 64.8 Å². The van der Waals surface area contributed by atoms with Gasteiger partial charge in [-0.3, -0.25) is 4.68 Å². The summed E-state index contributed by atoms with van der Waals surface area (Å²) in [5, 5.41) is 27.5. The van der Waals surface area contributed by atoms with E-state index in [4.69, 9.17) is 5.10 Å². The molecule has 1 aliphatic rings. The molecule has 0 saturated carbocycles. The average molecular weight is 509 g/mol. The first-order valence-electron chi connectivity index (χ1n) is 11.0. The van der Waals surface area contributed by atoms with Gasteiger partial charge in [0, 0.05) is 37.1 Å². The number of halogens is 1. The Hall–Kier alpha value is -3.27. The van der Waals surface area contributed by atoms with Gasteiger partial charge in [-0.1, -0.05) is 12.1 Å². The molecular formula is C23H25BrN8O. The molecule has 170 valence electrons. The van der Waals surface area contributed by atoms with Gasteiger partial charge in [-0.25, -0.2) is 9.97 Å². The van der Waals surface area contributed by atoms with Crippen molar-refractivity contribution in [2.24, 2.45) is 0 Å². The van der Waals surface area contributed by atoms with Crippen LogP contribution in [0.15, 0.2) is 47.2 Å². The third-order valence-corrected chi connectivity index (χ3v) is 6.17. The molecule has 0 atom stereocenters. The smallest absolute Gasteiger partial charge is 0.225 e. The molecule has 0 aliphatic carbocycles. The predicted molar refractivity (Wildman–Crippen MR) is 131 cm³/mol. The van der Waals surface area contributed by atoms with E-state index in [1.807, 2.05) is 18.2 Å². The Morgan fingerprint density at radius 2 is 1.82 bits per heavy atom. The molecule has 0 bridgehead atoms. The van der Waals surface area contributed by atoms with Gasteiger partial charge in [0.15, 0.2) is 11.3 Å². The minimum absolute atomic E-state index is 0.181. The number of anilines is 2. The Morgan fingerprint density at radius 3 is 2.52 bits per heavy atom. The first-order chi connectivity index (χ1) is 16.0. The molecule has 4 aromatic rings. The number of aromatic hydroxyl groups is 1. The zero-order valence-corrected chi connectivity index (χ0v) is 20.1. The number of nitrogens with zero attached hydrogens (tertiary/aromatic N) is 7. The van der Waals surface area contributed by atoms with Crippen LogP contribution in [-0.4, -0.2) is 54.2 Å². The Kier molecular flexibility index (Phi) is 5.84. The van der Waals surface area contributed by atoms with E-state index in [0.29, 0.717) is 11.3 Å². The summed E-state index contributed by atoms with van der Waals surface area (Å²) in [7, 11) is 0. The Morgan fingerprint density at radius 1 is 1.09 bits per heavy atom. The highest BCUT2D eigenvalue weighted by atomic mass is 79.9. The van der Waals surface area contributed by atoms with Crippen molar-refractivity contribution in [3.63, 3.8) is 0 Å². The van der Waals surface area contributed by atoms with E-state index >= 15 is 0 Å². The fourth-order valence-electron chi connectivity index (χ4n) is 4.18. The molecule has 1 aromatic carbocycles. The summed E-state index contributed by atoms with van der Waals surface area (Å²) >= 11 is 3.39. The SMILES string of the molecule is CC(C)Nc1nn(C2CCN(c3ncc(Br)cn3)CC2)c2cc(-c3ccccc3O)nnc12. The topological polar surface area (TPSA) is 105 Å². The fraction of sp³-hybridized carbons (Fsp3) is 0.348. The fourth-order valence-corrected chi connectivity index (χ4v) is 4.39. The van der Waals surface area contributed by atoms with Crippen molar-refractivity contribution in [2.75, 3.05) is 23.3 Å². The van der Waals surface area contributed by atoms with Crippen molar-refractivity contribution in [2.45, 2.75) is 38.8 Å². The third kappa shape index (κ3) is 4.35. The minimum Gasteiger partial charge on any atom is -0.507 e. The Labute approximate surface area is 200 Å². The number of fused-ring (bicyclic) bond motifs is 1. The van der Waals surface area contributed by atoms with Crippen molar-refractivity contribution < 1.29 is 5.11 Å². The lowest BCUT2D eigenvalue weighted by atomic mass is 10.1. The van der Waals surface area contributed by atoms with Gasteiger partial charge in [0.2, 0.25) is 5.95 Å². The maximum atomic E-state index is 10.3. The summed E-state index contributed by atoms with van der Waals surface area (Å²) in [6.07, 6.45) is 5.37. The van der Waals surface area contributed by atoms with E-state index in [0.717, 1.165) is 53.2 Å². The van der Waals surface area contributed by atoms with Crippen LogP contribution in [0, 0.1) is 0 Å². The number of hydrogen-bond acceptors (Lipinski definition) is 8. The molecule has 1 fully saturated rings. The maximum Gasteiger partial charge on any atom is 0.225 e. The predicted octanol–water partition coefficient (Wildman–Crippen LogP) is 4.41. The van der Waals surface area contributed by atoms with E-state index in [1.165, 1.54) is 0 Å². The number of hydrogen-bond donors (Lipinski definition) is 2. The van der Waals surface area contributed by atoms with Crippen LogP contribution in [0.5, 0.6) is 5.75 Å². The van der Waals surface area contributed by atoms with Gasteiger partial charge >= 0.3 is 0 Å². The molecule has 4 heterocycles. The molecule has 0 unspecified atom stereocenters. The molecule has 0 amide bonds. The number of phenolic OH excluding ortho intramolecular Hbond substituents is 1. The van der Waals surface area contributed by atoms with Crippen molar-refractivity contribution in [3.05, 3.63) is 47.2 Å². The summed E-state index contributed by atoms with van der Waals surface area (Å²) in [6, 6.07) is 9.57. The summed E-state index contributed by atoms with van der Waals surface area (Å²) in [5.41, 5.74) is 2.92. The highest BCUT2D eigenvalue weighted by molar-refractivity contribution is 9.10. The quantitative estimate of drug-likeness (QED) is 0.408. The maximum absolute atomic E-state index is 10.3. The van der Waals surface area contributed by atoms with Gasteiger partial charge < -0.3 is 15.3 Å². The molecule has 0 spiro atoms. The van der Waals surface area contributed by atoms with Crippen LogP contribution in [-0.2, 0) is 0 Å². The van der Waals surface area contributed by atoms with Crippen molar-refractivity contribution >= 4 is 38.7 Å². The molecule has 33 heavy (non-hydrogen) atoms. The van der Waals surface area contributed by atoms with E-state index < -0.39 is 0 Å². The molecule has 1 aliphatic heterocycles. The first kappa shape index (κ1) is 21.6. The Balaban J connectivity index is 1.48. The van der Waals surface area contributed by atoms with Gasteiger partial charge in [-0.2, -0.15) is 5.10 Å².